The summed E-state index contributed by atoms with van der Waals surface area (Å²) in [6.45, 7) is 4.49. The number of hydrogen-bond donors (Lipinski definition) is 0. The molecule has 0 N–H and O–H groups in total. The zero-order valence-electron chi connectivity index (χ0n) is 26.3. The first-order valence-electron chi connectivity index (χ1n) is 15.8. The topological polar surface area (TPSA) is 87.3 Å². The lowest BCUT2D eigenvalue weighted by Gasteiger charge is -2.31. The SMILES string of the molecule is CCc1cc(COC2CCOCC2)c2nccc(N3CCc4c(cc(Cn5ccnc5)cc4-c4cn(C)nc4C(F)(F)F)C3=O)c2c1. The van der Waals surface area contributed by atoms with Gasteiger partial charge in [0, 0.05) is 80.2 Å². The summed E-state index contributed by atoms with van der Waals surface area (Å²) in [6, 6.07) is 9.57. The molecule has 1 saturated heterocycles. The Morgan fingerprint density at radius 2 is 1.85 bits per heavy atom. The van der Waals surface area contributed by atoms with E-state index in [1.54, 1.807) is 42.0 Å². The van der Waals surface area contributed by atoms with Gasteiger partial charge in [-0.15, -0.1) is 0 Å². The predicted molar refractivity (Wildman–Crippen MR) is 170 cm³/mol. The number of imidazole rings is 1. The van der Waals surface area contributed by atoms with Crippen molar-refractivity contribution in [2.24, 2.45) is 7.05 Å². The number of nitrogens with zero attached hydrogens (tertiary/aromatic N) is 6. The number of fused-ring (bicyclic) bond motifs is 2. The van der Waals surface area contributed by atoms with Gasteiger partial charge in [0.25, 0.3) is 5.91 Å². The van der Waals surface area contributed by atoms with E-state index in [4.69, 9.17) is 14.5 Å². The second kappa shape index (κ2) is 12.6. The molecule has 12 heteroatoms. The molecule has 1 fully saturated rings. The zero-order valence-corrected chi connectivity index (χ0v) is 26.3. The van der Waals surface area contributed by atoms with Crippen LogP contribution < -0.4 is 4.90 Å². The fourth-order valence-corrected chi connectivity index (χ4v) is 6.69. The minimum absolute atomic E-state index is 0.0406. The molecule has 5 aromatic rings. The van der Waals surface area contributed by atoms with Crippen molar-refractivity contribution < 1.29 is 27.4 Å². The highest BCUT2D eigenvalue weighted by Gasteiger charge is 2.39. The van der Waals surface area contributed by atoms with Crippen molar-refractivity contribution >= 4 is 22.5 Å². The molecular formula is C35H35F3N6O3. The Labute approximate surface area is 269 Å². The van der Waals surface area contributed by atoms with Gasteiger partial charge in [0.1, 0.15) is 0 Å². The maximum absolute atomic E-state index is 14.5. The molecule has 0 radical (unpaired) electrons. The molecule has 2 aromatic carbocycles. The molecule has 0 atom stereocenters. The number of ether oxygens (including phenoxy) is 2. The lowest BCUT2D eigenvalue weighted by Crippen LogP contribution is -2.38. The number of benzene rings is 2. The zero-order chi connectivity index (χ0) is 32.7. The normalized spacial score (nSPS) is 15.9. The Morgan fingerprint density at radius 3 is 2.60 bits per heavy atom. The smallest absolute Gasteiger partial charge is 0.381 e. The standard InChI is InChI=1S/C35H35F3N6O3/c1-3-22-14-24(20-47-25-6-12-46-13-7-25)32-29(15-22)31(4-8-40-32)44-10-5-26-27(30-19-42(2)41-33(30)35(36,37)38)16-23(17-28(26)34(44)45)18-43-11-9-39-21-43/h4,8-9,11,14-17,19,21,25H,3,5-7,10,12-13,18,20H2,1-2H3. The summed E-state index contributed by atoms with van der Waals surface area (Å²) in [5, 5.41) is 4.60. The molecule has 2 aliphatic rings. The van der Waals surface area contributed by atoms with Crippen LogP contribution in [0.4, 0.5) is 18.9 Å². The Balaban J connectivity index is 1.31. The Hall–Kier alpha value is -4.55. The molecule has 1 amide bonds. The molecule has 3 aromatic heterocycles. The molecule has 0 bridgehead atoms. The van der Waals surface area contributed by atoms with E-state index in [9.17, 15) is 18.0 Å². The predicted octanol–water partition coefficient (Wildman–Crippen LogP) is 6.36. The number of hydrogen-bond acceptors (Lipinski definition) is 6. The summed E-state index contributed by atoms with van der Waals surface area (Å²) in [5.74, 6) is -0.271. The van der Waals surface area contributed by atoms with Crippen molar-refractivity contribution in [3.8, 4) is 11.1 Å². The molecule has 47 heavy (non-hydrogen) atoms. The Bertz CT molecular complexity index is 1930. The third-order valence-corrected chi connectivity index (χ3v) is 8.99. The molecular weight excluding hydrogens is 609 g/mol. The molecule has 244 valence electrons. The first kappa shape index (κ1) is 31.1. The fraction of sp³-hybridized carbons (Fsp3) is 0.371. The van der Waals surface area contributed by atoms with Crippen LogP contribution in [0.3, 0.4) is 0 Å². The van der Waals surface area contributed by atoms with Crippen molar-refractivity contribution in [3.63, 3.8) is 0 Å². The van der Waals surface area contributed by atoms with Crippen LogP contribution in [0.1, 0.15) is 58.1 Å². The number of carbonyl (C=O) groups excluding carboxylic acids is 1. The maximum atomic E-state index is 14.5. The minimum atomic E-state index is -4.66. The first-order valence-corrected chi connectivity index (χ1v) is 15.8. The number of aromatic nitrogens is 5. The monoisotopic (exact) mass is 644 g/mol. The Kier molecular flexibility index (Phi) is 8.31. The second-order valence-corrected chi connectivity index (χ2v) is 12.1. The van der Waals surface area contributed by atoms with Crippen LogP contribution in [-0.4, -0.2) is 56.1 Å². The van der Waals surface area contributed by atoms with Gasteiger partial charge in [-0.1, -0.05) is 13.0 Å². The van der Waals surface area contributed by atoms with Crippen molar-refractivity contribution in [1.82, 2.24) is 24.3 Å². The van der Waals surface area contributed by atoms with E-state index in [0.29, 0.717) is 67.3 Å². The molecule has 0 spiro atoms. The fourth-order valence-electron chi connectivity index (χ4n) is 6.69. The molecule has 0 unspecified atom stereocenters. The number of anilines is 1. The van der Waals surface area contributed by atoms with Crippen molar-refractivity contribution in [1.29, 1.82) is 0 Å². The van der Waals surface area contributed by atoms with Gasteiger partial charge in [-0.3, -0.25) is 14.5 Å². The van der Waals surface area contributed by atoms with Gasteiger partial charge >= 0.3 is 6.18 Å². The average molecular weight is 645 g/mol. The largest absolute Gasteiger partial charge is 0.435 e. The highest BCUT2D eigenvalue weighted by molar-refractivity contribution is 6.13. The molecule has 7 rings (SSSR count). The number of amides is 1. The van der Waals surface area contributed by atoms with Crippen LogP contribution in [0.5, 0.6) is 0 Å². The van der Waals surface area contributed by atoms with Crippen molar-refractivity contribution in [2.75, 3.05) is 24.7 Å². The van der Waals surface area contributed by atoms with Crippen LogP contribution in [-0.2, 0) is 48.7 Å². The van der Waals surface area contributed by atoms with Crippen LogP contribution in [0, 0.1) is 0 Å². The number of pyridine rings is 1. The van der Waals surface area contributed by atoms with Crippen molar-refractivity contribution in [2.45, 2.75) is 58.0 Å². The van der Waals surface area contributed by atoms with Gasteiger partial charge in [0.15, 0.2) is 5.69 Å². The first-order chi connectivity index (χ1) is 22.7. The second-order valence-electron chi connectivity index (χ2n) is 12.1. The van der Waals surface area contributed by atoms with Crippen molar-refractivity contribution in [3.05, 3.63) is 95.0 Å². The number of halogens is 3. The van der Waals surface area contributed by atoms with E-state index in [2.05, 4.69) is 29.1 Å². The summed E-state index contributed by atoms with van der Waals surface area (Å²) in [4.78, 5) is 25.0. The summed E-state index contributed by atoms with van der Waals surface area (Å²) in [5.41, 5.74) is 4.54. The van der Waals surface area contributed by atoms with E-state index in [1.165, 1.54) is 17.9 Å². The van der Waals surface area contributed by atoms with Gasteiger partial charge < -0.3 is 18.9 Å². The van der Waals surface area contributed by atoms with E-state index in [1.807, 2.05) is 10.6 Å². The van der Waals surface area contributed by atoms with Gasteiger partial charge in [0.2, 0.25) is 0 Å². The minimum Gasteiger partial charge on any atom is -0.381 e. The lowest BCUT2D eigenvalue weighted by molar-refractivity contribution is -0.141. The third-order valence-electron chi connectivity index (χ3n) is 8.99. The maximum Gasteiger partial charge on any atom is 0.435 e. The Morgan fingerprint density at radius 1 is 1.04 bits per heavy atom. The van der Waals surface area contributed by atoms with Gasteiger partial charge in [0.05, 0.1) is 30.2 Å². The van der Waals surface area contributed by atoms with Crippen LogP contribution >= 0.6 is 0 Å². The number of alkyl halides is 3. The highest BCUT2D eigenvalue weighted by Crippen LogP contribution is 2.41. The van der Waals surface area contributed by atoms with E-state index < -0.39 is 11.9 Å². The average Bonchev–Trinajstić information content (AvgIpc) is 3.73. The molecule has 2 aliphatic heterocycles. The van der Waals surface area contributed by atoms with Gasteiger partial charge in [-0.25, -0.2) is 4.98 Å². The molecule has 9 nitrogen and oxygen atoms in total. The molecule has 0 saturated carbocycles. The summed E-state index contributed by atoms with van der Waals surface area (Å²) >= 11 is 0. The highest BCUT2D eigenvalue weighted by atomic mass is 19.4. The van der Waals surface area contributed by atoms with Crippen LogP contribution in [0.25, 0.3) is 22.0 Å². The van der Waals surface area contributed by atoms with E-state index >= 15 is 0 Å². The summed E-state index contributed by atoms with van der Waals surface area (Å²) < 4.78 is 57.2. The number of carbonyl (C=O) groups is 1. The van der Waals surface area contributed by atoms with E-state index in [0.717, 1.165) is 41.3 Å². The quantitative estimate of drug-likeness (QED) is 0.196. The van der Waals surface area contributed by atoms with Gasteiger partial charge in [-0.05, 0) is 72.2 Å². The summed E-state index contributed by atoms with van der Waals surface area (Å²) in [7, 11) is 1.47. The lowest BCUT2D eigenvalue weighted by atomic mass is 9.87. The van der Waals surface area contributed by atoms with E-state index in [-0.39, 0.29) is 17.6 Å². The number of aryl methyl sites for hydroxylation is 2. The van der Waals surface area contributed by atoms with Crippen LogP contribution in [0.2, 0.25) is 0 Å². The number of rotatable bonds is 8. The molecule has 0 aliphatic carbocycles. The third kappa shape index (κ3) is 6.15. The van der Waals surface area contributed by atoms with Gasteiger partial charge in [-0.2, -0.15) is 18.3 Å². The van der Waals surface area contributed by atoms with Crippen LogP contribution in [0.15, 0.2) is 61.4 Å². The molecule has 5 heterocycles. The summed E-state index contributed by atoms with van der Waals surface area (Å²) in [6.07, 6.45) is 6.44.